The molecule has 36 heavy (non-hydrogen) atoms. The van der Waals surface area contributed by atoms with Crippen LogP contribution in [-0.4, -0.2) is 15.9 Å². The molecule has 0 aliphatic rings. The summed E-state index contributed by atoms with van der Waals surface area (Å²) in [6.07, 6.45) is 0. The highest BCUT2D eigenvalue weighted by atomic mass is 32.1. The van der Waals surface area contributed by atoms with Crippen molar-refractivity contribution in [1.82, 2.24) is 9.97 Å². The third-order valence-corrected chi connectivity index (χ3v) is 7.22. The SMILES string of the molecule is Cc1ccc(-c2nc3ccccc3c(C(=O)Nc3nc(-c4ccc5ccccc5c4)cs3)c2C)cc1. The Balaban J connectivity index is 1.37. The van der Waals surface area contributed by atoms with Gasteiger partial charge >= 0.3 is 0 Å². The molecule has 0 aliphatic heterocycles. The van der Waals surface area contributed by atoms with Gasteiger partial charge in [-0.25, -0.2) is 9.97 Å². The van der Waals surface area contributed by atoms with E-state index in [0.29, 0.717) is 10.7 Å². The number of benzene rings is 4. The monoisotopic (exact) mass is 485 g/mol. The molecular formula is C31H23N3OS. The van der Waals surface area contributed by atoms with E-state index in [1.165, 1.54) is 22.3 Å². The molecule has 0 saturated carbocycles. The number of anilines is 1. The first-order valence-corrected chi connectivity index (χ1v) is 12.7. The van der Waals surface area contributed by atoms with Crippen molar-refractivity contribution in [2.24, 2.45) is 0 Å². The van der Waals surface area contributed by atoms with E-state index in [-0.39, 0.29) is 5.91 Å². The van der Waals surface area contributed by atoms with Crippen LogP contribution in [0.3, 0.4) is 0 Å². The Kier molecular flexibility index (Phi) is 5.55. The summed E-state index contributed by atoms with van der Waals surface area (Å²) in [6, 6.07) is 30.6. The van der Waals surface area contributed by atoms with Crippen molar-refractivity contribution in [3.63, 3.8) is 0 Å². The molecule has 5 heteroatoms. The molecule has 0 fully saturated rings. The van der Waals surface area contributed by atoms with Crippen LogP contribution in [0.1, 0.15) is 21.5 Å². The predicted octanol–water partition coefficient (Wildman–Crippen LogP) is 8.05. The summed E-state index contributed by atoms with van der Waals surface area (Å²) in [7, 11) is 0. The zero-order valence-corrected chi connectivity index (χ0v) is 20.8. The molecule has 174 valence electrons. The summed E-state index contributed by atoms with van der Waals surface area (Å²) in [4.78, 5) is 23.3. The molecule has 0 spiro atoms. The van der Waals surface area contributed by atoms with Gasteiger partial charge in [-0.05, 0) is 42.3 Å². The van der Waals surface area contributed by atoms with Crippen molar-refractivity contribution in [1.29, 1.82) is 0 Å². The summed E-state index contributed by atoms with van der Waals surface area (Å²) in [5.41, 5.74) is 7.12. The minimum Gasteiger partial charge on any atom is -0.298 e. The van der Waals surface area contributed by atoms with E-state index < -0.39 is 0 Å². The van der Waals surface area contributed by atoms with Crippen LogP contribution < -0.4 is 5.32 Å². The Hall–Kier alpha value is -4.35. The molecule has 0 bridgehead atoms. The first-order chi connectivity index (χ1) is 17.6. The van der Waals surface area contributed by atoms with Crippen molar-refractivity contribution in [2.75, 3.05) is 5.32 Å². The van der Waals surface area contributed by atoms with E-state index in [1.807, 2.05) is 48.7 Å². The molecule has 0 aliphatic carbocycles. The van der Waals surface area contributed by atoms with E-state index >= 15 is 0 Å². The van der Waals surface area contributed by atoms with Gasteiger partial charge in [0.15, 0.2) is 5.13 Å². The van der Waals surface area contributed by atoms with Crippen molar-refractivity contribution in [2.45, 2.75) is 13.8 Å². The number of amides is 1. The largest absolute Gasteiger partial charge is 0.298 e. The Labute approximate surface area is 213 Å². The van der Waals surface area contributed by atoms with E-state index in [2.05, 4.69) is 66.8 Å². The third kappa shape index (κ3) is 4.04. The van der Waals surface area contributed by atoms with Crippen LogP contribution in [0.4, 0.5) is 5.13 Å². The molecule has 6 aromatic rings. The topological polar surface area (TPSA) is 54.9 Å². The second-order valence-corrected chi connectivity index (χ2v) is 9.76. The first-order valence-electron chi connectivity index (χ1n) is 11.8. The highest BCUT2D eigenvalue weighted by molar-refractivity contribution is 7.14. The van der Waals surface area contributed by atoms with E-state index in [0.717, 1.165) is 44.4 Å². The molecule has 2 heterocycles. The van der Waals surface area contributed by atoms with Gasteiger partial charge in [0.2, 0.25) is 0 Å². The van der Waals surface area contributed by atoms with Crippen LogP contribution in [-0.2, 0) is 0 Å². The van der Waals surface area contributed by atoms with Gasteiger partial charge in [0.05, 0.1) is 22.5 Å². The fraction of sp³-hybridized carbons (Fsp3) is 0.0645. The van der Waals surface area contributed by atoms with Gasteiger partial charge in [-0.2, -0.15) is 0 Å². The van der Waals surface area contributed by atoms with Crippen LogP contribution in [0.2, 0.25) is 0 Å². The average Bonchev–Trinajstić information content (AvgIpc) is 3.37. The maximum Gasteiger partial charge on any atom is 0.258 e. The number of aromatic nitrogens is 2. The predicted molar refractivity (Wildman–Crippen MR) is 150 cm³/mol. The number of nitrogens with zero attached hydrogens (tertiary/aromatic N) is 2. The first kappa shape index (κ1) is 22.1. The molecule has 0 saturated heterocycles. The van der Waals surface area contributed by atoms with Gasteiger partial charge in [-0.3, -0.25) is 10.1 Å². The highest BCUT2D eigenvalue weighted by Gasteiger charge is 2.20. The molecule has 0 unspecified atom stereocenters. The Morgan fingerprint density at radius 1 is 0.778 bits per heavy atom. The van der Waals surface area contributed by atoms with Crippen molar-refractivity contribution in [3.05, 3.63) is 113 Å². The van der Waals surface area contributed by atoms with Crippen molar-refractivity contribution >= 4 is 44.1 Å². The summed E-state index contributed by atoms with van der Waals surface area (Å²) in [5, 5.41) is 8.78. The quantitative estimate of drug-likeness (QED) is 0.275. The summed E-state index contributed by atoms with van der Waals surface area (Å²) >= 11 is 1.43. The lowest BCUT2D eigenvalue weighted by Gasteiger charge is -2.14. The van der Waals surface area contributed by atoms with Gasteiger partial charge in [-0.15, -0.1) is 11.3 Å². The maximum atomic E-state index is 13.6. The number of thiazole rings is 1. The number of fused-ring (bicyclic) bond motifs is 2. The molecular weight excluding hydrogens is 462 g/mol. The lowest BCUT2D eigenvalue weighted by atomic mass is 9.97. The Morgan fingerprint density at radius 2 is 1.50 bits per heavy atom. The Bertz CT molecular complexity index is 1750. The van der Waals surface area contributed by atoms with Crippen LogP contribution >= 0.6 is 11.3 Å². The number of pyridine rings is 1. The Morgan fingerprint density at radius 3 is 2.33 bits per heavy atom. The maximum absolute atomic E-state index is 13.6. The molecule has 6 rings (SSSR count). The van der Waals surface area contributed by atoms with E-state index in [4.69, 9.17) is 9.97 Å². The summed E-state index contributed by atoms with van der Waals surface area (Å²) in [5.74, 6) is -0.182. The number of hydrogen-bond donors (Lipinski definition) is 1. The number of carbonyl (C=O) groups is 1. The van der Waals surface area contributed by atoms with Gasteiger partial charge in [0, 0.05) is 21.9 Å². The molecule has 0 atom stereocenters. The molecule has 2 aromatic heterocycles. The minimum absolute atomic E-state index is 0.182. The number of aryl methyl sites for hydroxylation is 1. The highest BCUT2D eigenvalue weighted by Crippen LogP contribution is 2.32. The fourth-order valence-corrected chi connectivity index (χ4v) is 5.28. The van der Waals surface area contributed by atoms with Crippen LogP contribution in [0.15, 0.2) is 96.4 Å². The zero-order valence-electron chi connectivity index (χ0n) is 19.9. The molecule has 0 radical (unpaired) electrons. The van der Waals surface area contributed by atoms with Gasteiger partial charge in [0.1, 0.15) is 0 Å². The summed E-state index contributed by atoms with van der Waals surface area (Å²) in [6.45, 7) is 4.02. The fourth-order valence-electron chi connectivity index (χ4n) is 4.56. The number of rotatable bonds is 4. The smallest absolute Gasteiger partial charge is 0.258 e. The van der Waals surface area contributed by atoms with Gasteiger partial charge < -0.3 is 0 Å². The number of carbonyl (C=O) groups excluding carboxylic acids is 1. The normalized spacial score (nSPS) is 11.2. The number of hydrogen-bond acceptors (Lipinski definition) is 4. The standard InChI is InChI=1S/C31H23N3OS/c1-19-11-13-22(14-12-19)29-20(2)28(25-9-5-6-10-26(25)32-29)30(35)34-31-33-27(18-36-31)24-16-15-21-7-3-4-8-23(21)17-24/h3-18H,1-2H3,(H,33,34,35). The lowest BCUT2D eigenvalue weighted by molar-refractivity contribution is 0.102. The van der Waals surface area contributed by atoms with Gasteiger partial charge in [0.25, 0.3) is 5.91 Å². The third-order valence-electron chi connectivity index (χ3n) is 6.46. The molecule has 1 amide bonds. The van der Waals surface area contributed by atoms with E-state index in [1.54, 1.807) is 0 Å². The van der Waals surface area contributed by atoms with Crippen molar-refractivity contribution < 1.29 is 4.79 Å². The molecule has 4 aromatic carbocycles. The number of para-hydroxylation sites is 1. The zero-order chi connectivity index (χ0) is 24.6. The molecule has 4 nitrogen and oxygen atoms in total. The lowest BCUT2D eigenvalue weighted by Crippen LogP contribution is -2.15. The van der Waals surface area contributed by atoms with Crippen LogP contribution in [0.5, 0.6) is 0 Å². The minimum atomic E-state index is -0.182. The summed E-state index contributed by atoms with van der Waals surface area (Å²) < 4.78 is 0. The molecule has 1 N–H and O–H groups in total. The average molecular weight is 486 g/mol. The van der Waals surface area contributed by atoms with E-state index in [9.17, 15) is 4.79 Å². The second kappa shape index (κ2) is 9.02. The second-order valence-electron chi connectivity index (χ2n) is 8.90. The number of nitrogens with one attached hydrogen (secondary N) is 1. The van der Waals surface area contributed by atoms with Crippen molar-refractivity contribution in [3.8, 4) is 22.5 Å². The van der Waals surface area contributed by atoms with Crippen LogP contribution in [0.25, 0.3) is 44.2 Å². The van der Waals surface area contributed by atoms with Gasteiger partial charge in [-0.1, -0.05) is 84.4 Å². The van der Waals surface area contributed by atoms with Crippen LogP contribution in [0, 0.1) is 13.8 Å².